The Morgan fingerprint density at radius 2 is 1.92 bits per heavy atom. The molecule has 1 heterocycles. The molecule has 0 fully saturated rings. The molecule has 0 aliphatic heterocycles. The molecule has 3 nitrogen and oxygen atoms in total. The second-order valence-corrected chi connectivity index (χ2v) is 5.76. The summed E-state index contributed by atoms with van der Waals surface area (Å²) < 4.78 is 54.6. The van der Waals surface area contributed by atoms with E-state index in [-0.39, 0.29) is 12.1 Å². The van der Waals surface area contributed by atoms with Crippen LogP contribution in [0, 0.1) is 12.7 Å². The highest BCUT2D eigenvalue weighted by molar-refractivity contribution is 5.88. The largest absolute Gasteiger partial charge is 0.478 e. The fourth-order valence-electron chi connectivity index (χ4n) is 2.92. The van der Waals surface area contributed by atoms with Crippen molar-refractivity contribution >= 4 is 16.9 Å². The average Bonchev–Trinajstić information content (AvgIpc) is 2.92. The van der Waals surface area contributed by atoms with Crippen molar-refractivity contribution < 1.29 is 27.5 Å². The number of fused-ring (bicyclic) bond motifs is 1. The van der Waals surface area contributed by atoms with Crippen molar-refractivity contribution in [2.75, 3.05) is 0 Å². The summed E-state index contributed by atoms with van der Waals surface area (Å²) >= 11 is 0. The molecule has 1 N–H and O–H groups in total. The second kappa shape index (κ2) is 5.91. The van der Waals surface area contributed by atoms with Crippen LogP contribution < -0.4 is 0 Å². The van der Waals surface area contributed by atoms with Crippen LogP contribution in [0.3, 0.4) is 0 Å². The van der Waals surface area contributed by atoms with E-state index in [0.717, 1.165) is 18.2 Å². The van der Waals surface area contributed by atoms with Crippen molar-refractivity contribution in [3.8, 4) is 0 Å². The lowest BCUT2D eigenvalue weighted by Gasteiger charge is -2.12. The molecular weight excluding hydrogens is 338 g/mol. The smallest absolute Gasteiger partial charge is 0.416 e. The molecule has 0 saturated heterocycles. The Bertz CT molecular complexity index is 973. The Labute approximate surface area is 140 Å². The van der Waals surface area contributed by atoms with Crippen LogP contribution in [0.2, 0.25) is 0 Å². The van der Waals surface area contributed by atoms with Gasteiger partial charge in [0.05, 0.1) is 23.2 Å². The third kappa shape index (κ3) is 3.09. The number of carbonyl (C=O) groups is 1. The molecule has 0 aliphatic rings. The second-order valence-electron chi connectivity index (χ2n) is 5.76. The first-order chi connectivity index (χ1) is 11.7. The first-order valence-corrected chi connectivity index (χ1v) is 7.36. The highest BCUT2D eigenvalue weighted by Gasteiger charge is 2.31. The lowest BCUT2D eigenvalue weighted by molar-refractivity contribution is -0.137. The molecule has 0 spiro atoms. The Hall–Kier alpha value is -2.83. The number of aromatic carboxylic acids is 1. The highest BCUT2D eigenvalue weighted by Crippen LogP contribution is 2.33. The number of hydrogen-bond acceptors (Lipinski definition) is 1. The maximum atomic E-state index is 14.3. The Balaban J connectivity index is 2.07. The van der Waals surface area contributed by atoms with Crippen LogP contribution in [0.5, 0.6) is 0 Å². The van der Waals surface area contributed by atoms with Crippen LogP contribution in [0.25, 0.3) is 10.9 Å². The summed E-state index contributed by atoms with van der Waals surface area (Å²) in [4.78, 5) is 11.0. The zero-order valence-corrected chi connectivity index (χ0v) is 13.1. The van der Waals surface area contributed by atoms with Gasteiger partial charge in [-0.15, -0.1) is 0 Å². The summed E-state index contributed by atoms with van der Waals surface area (Å²) in [7, 11) is 0. The zero-order chi connectivity index (χ0) is 18.4. The van der Waals surface area contributed by atoms with Crippen molar-refractivity contribution in [3.63, 3.8) is 0 Å². The summed E-state index contributed by atoms with van der Waals surface area (Å²) in [6, 6.07) is 7.66. The number of carboxylic acid groups (broad SMARTS) is 1. The minimum atomic E-state index is -4.44. The predicted molar refractivity (Wildman–Crippen MR) is 84.1 cm³/mol. The van der Waals surface area contributed by atoms with E-state index in [9.17, 15) is 22.4 Å². The van der Waals surface area contributed by atoms with Gasteiger partial charge in [0.15, 0.2) is 0 Å². The number of halogens is 4. The Kier molecular flexibility index (Phi) is 4.02. The van der Waals surface area contributed by atoms with Gasteiger partial charge in [0.1, 0.15) is 5.82 Å². The monoisotopic (exact) mass is 351 g/mol. The molecule has 25 heavy (non-hydrogen) atoms. The van der Waals surface area contributed by atoms with Gasteiger partial charge in [-0.1, -0.05) is 12.1 Å². The number of benzene rings is 2. The van der Waals surface area contributed by atoms with Crippen LogP contribution in [-0.4, -0.2) is 15.6 Å². The molecule has 0 radical (unpaired) electrons. The average molecular weight is 351 g/mol. The summed E-state index contributed by atoms with van der Waals surface area (Å²) in [5.41, 5.74) is -0.0752. The summed E-state index contributed by atoms with van der Waals surface area (Å²) in [6.07, 6.45) is -2.88. The maximum absolute atomic E-state index is 14.3. The molecule has 0 saturated carbocycles. The van der Waals surface area contributed by atoms with E-state index in [4.69, 9.17) is 5.11 Å². The van der Waals surface area contributed by atoms with Crippen LogP contribution in [-0.2, 0) is 12.7 Å². The molecule has 130 valence electrons. The van der Waals surface area contributed by atoms with Crippen molar-refractivity contribution in [2.45, 2.75) is 19.6 Å². The molecule has 7 heteroatoms. The topological polar surface area (TPSA) is 42.2 Å². The van der Waals surface area contributed by atoms with E-state index in [1.54, 1.807) is 17.7 Å². The third-order valence-corrected chi connectivity index (χ3v) is 4.03. The maximum Gasteiger partial charge on any atom is 0.416 e. The molecule has 0 amide bonds. The minimum Gasteiger partial charge on any atom is -0.478 e. The van der Waals surface area contributed by atoms with Gasteiger partial charge in [0, 0.05) is 17.1 Å². The van der Waals surface area contributed by atoms with E-state index in [1.165, 1.54) is 18.2 Å². The van der Waals surface area contributed by atoms with Gasteiger partial charge in [0.2, 0.25) is 0 Å². The lowest BCUT2D eigenvalue weighted by atomic mass is 10.1. The van der Waals surface area contributed by atoms with Gasteiger partial charge in [-0.05, 0) is 36.8 Å². The van der Waals surface area contributed by atoms with Gasteiger partial charge in [-0.3, -0.25) is 0 Å². The van der Waals surface area contributed by atoms with Gasteiger partial charge in [0.25, 0.3) is 0 Å². The first-order valence-electron chi connectivity index (χ1n) is 7.36. The fraction of sp³-hybridized carbons (Fsp3) is 0.167. The number of nitrogens with zero attached hydrogens (tertiary/aromatic N) is 1. The molecule has 0 atom stereocenters. The van der Waals surface area contributed by atoms with Crippen molar-refractivity contribution in [3.05, 3.63) is 70.7 Å². The number of carboxylic acids is 1. The van der Waals surface area contributed by atoms with Crippen molar-refractivity contribution in [1.29, 1.82) is 0 Å². The number of hydrogen-bond donors (Lipinski definition) is 1. The SMILES string of the molecule is Cc1cc(C(F)(F)F)cc2ccn(Cc3cccc(C(=O)O)c3F)c12. The summed E-state index contributed by atoms with van der Waals surface area (Å²) in [5.74, 6) is -2.22. The molecule has 0 bridgehead atoms. The van der Waals surface area contributed by atoms with Crippen LogP contribution >= 0.6 is 0 Å². The van der Waals surface area contributed by atoms with Crippen LogP contribution in [0.1, 0.15) is 27.0 Å². The van der Waals surface area contributed by atoms with Gasteiger partial charge in [-0.25, -0.2) is 9.18 Å². The van der Waals surface area contributed by atoms with E-state index in [1.807, 2.05) is 0 Å². The van der Waals surface area contributed by atoms with Gasteiger partial charge in [-0.2, -0.15) is 13.2 Å². The van der Waals surface area contributed by atoms with Gasteiger partial charge < -0.3 is 9.67 Å². The Morgan fingerprint density at radius 3 is 2.56 bits per heavy atom. The molecule has 0 aliphatic carbocycles. The fourth-order valence-corrected chi connectivity index (χ4v) is 2.92. The standard InChI is InChI=1S/C18H13F4NO2/c1-10-7-13(18(20,21)22)8-11-5-6-23(16(10)11)9-12-3-2-4-14(15(12)19)17(24)25/h2-8H,9H2,1H3,(H,24,25). The highest BCUT2D eigenvalue weighted by atomic mass is 19.4. The Morgan fingerprint density at radius 1 is 1.20 bits per heavy atom. The third-order valence-electron chi connectivity index (χ3n) is 4.03. The zero-order valence-electron chi connectivity index (χ0n) is 13.1. The molecule has 3 rings (SSSR count). The minimum absolute atomic E-state index is 0.0165. The van der Waals surface area contributed by atoms with E-state index in [2.05, 4.69) is 0 Å². The van der Waals surface area contributed by atoms with Crippen LogP contribution in [0.15, 0.2) is 42.6 Å². The van der Waals surface area contributed by atoms with E-state index in [0.29, 0.717) is 16.5 Å². The summed E-state index contributed by atoms with van der Waals surface area (Å²) in [5, 5.41) is 9.38. The van der Waals surface area contributed by atoms with Gasteiger partial charge >= 0.3 is 12.1 Å². The number of aromatic nitrogens is 1. The number of rotatable bonds is 3. The van der Waals surface area contributed by atoms with Crippen LogP contribution in [0.4, 0.5) is 17.6 Å². The normalized spacial score (nSPS) is 11.9. The predicted octanol–water partition coefficient (Wildman–Crippen LogP) is 4.85. The molecule has 0 unspecified atom stereocenters. The van der Waals surface area contributed by atoms with Crippen molar-refractivity contribution in [2.24, 2.45) is 0 Å². The summed E-state index contributed by atoms with van der Waals surface area (Å²) in [6.45, 7) is 1.57. The number of alkyl halides is 3. The molecular formula is C18H13F4NO2. The molecule has 2 aromatic carbocycles. The lowest BCUT2D eigenvalue weighted by Crippen LogP contribution is -2.08. The van der Waals surface area contributed by atoms with Crippen molar-refractivity contribution in [1.82, 2.24) is 4.57 Å². The molecule has 3 aromatic rings. The number of aryl methyl sites for hydroxylation is 1. The van der Waals surface area contributed by atoms with E-state index < -0.39 is 29.1 Å². The quantitative estimate of drug-likeness (QED) is 0.685. The first kappa shape index (κ1) is 17.0. The van der Waals surface area contributed by atoms with E-state index >= 15 is 0 Å². The molecule has 1 aromatic heterocycles.